The number of anilines is 1. The molecule has 0 aliphatic carbocycles. The number of piperazine rings is 1. The largest absolute Gasteiger partial charge is 0.444 e. The Balaban J connectivity index is 1.55. The smallest absolute Gasteiger partial charge is 0.410 e. The number of pyridine rings is 1. The van der Waals surface area contributed by atoms with Crippen LogP contribution in [-0.2, 0) is 9.47 Å². The van der Waals surface area contributed by atoms with E-state index in [4.69, 9.17) is 9.47 Å². The summed E-state index contributed by atoms with van der Waals surface area (Å²) in [5, 5.41) is 4.38. The van der Waals surface area contributed by atoms with Crippen molar-refractivity contribution in [3.8, 4) is 11.1 Å². The zero-order valence-electron chi connectivity index (χ0n) is 22.5. The maximum Gasteiger partial charge on any atom is 0.410 e. The number of halogens is 2. The molecule has 10 heteroatoms. The number of alkyl halides is 2. The lowest BCUT2D eigenvalue weighted by atomic mass is 10.00. The molecule has 2 aromatic heterocycles. The number of amides is 1. The van der Waals surface area contributed by atoms with Gasteiger partial charge in [0.25, 0.3) is 6.43 Å². The van der Waals surface area contributed by atoms with Crippen LogP contribution in [0.1, 0.15) is 78.6 Å². The van der Waals surface area contributed by atoms with E-state index < -0.39 is 12.0 Å². The van der Waals surface area contributed by atoms with Gasteiger partial charge in [0.1, 0.15) is 23.3 Å². The predicted octanol–water partition coefficient (Wildman–Crippen LogP) is 6.05. The highest BCUT2D eigenvalue weighted by Gasteiger charge is 2.34. The van der Waals surface area contributed by atoms with E-state index in [1.807, 2.05) is 25.7 Å². The third-order valence-electron chi connectivity index (χ3n) is 6.66. The zero-order valence-corrected chi connectivity index (χ0v) is 22.5. The first kappa shape index (κ1) is 27.3. The maximum absolute atomic E-state index is 14.2. The van der Waals surface area contributed by atoms with Crippen molar-refractivity contribution in [1.82, 2.24) is 19.7 Å². The van der Waals surface area contributed by atoms with Gasteiger partial charge in [-0.15, -0.1) is 0 Å². The summed E-state index contributed by atoms with van der Waals surface area (Å²) >= 11 is 0. The van der Waals surface area contributed by atoms with Crippen LogP contribution in [0.3, 0.4) is 0 Å². The van der Waals surface area contributed by atoms with Crippen LogP contribution < -0.4 is 4.90 Å². The molecule has 2 saturated heterocycles. The molecule has 8 nitrogen and oxygen atoms in total. The Bertz CT molecular complexity index is 1060. The van der Waals surface area contributed by atoms with Crippen molar-refractivity contribution in [1.29, 1.82) is 0 Å². The highest BCUT2D eigenvalue weighted by molar-refractivity contribution is 5.70. The Labute approximate surface area is 217 Å². The number of hydrogen-bond donors (Lipinski definition) is 0. The summed E-state index contributed by atoms with van der Waals surface area (Å²) < 4.78 is 41.5. The van der Waals surface area contributed by atoms with Crippen molar-refractivity contribution in [2.45, 2.75) is 84.6 Å². The molecule has 4 rings (SSSR count). The van der Waals surface area contributed by atoms with Gasteiger partial charge in [-0.3, -0.25) is 0 Å². The molecule has 2 unspecified atom stereocenters. The topological polar surface area (TPSA) is 72.7 Å². The number of hydrogen-bond acceptors (Lipinski definition) is 6. The Morgan fingerprint density at radius 1 is 1.22 bits per heavy atom. The van der Waals surface area contributed by atoms with Crippen molar-refractivity contribution >= 4 is 11.9 Å². The average molecular weight is 520 g/mol. The molecule has 0 N–H and O–H groups in total. The van der Waals surface area contributed by atoms with Gasteiger partial charge in [0.15, 0.2) is 0 Å². The third-order valence-corrected chi connectivity index (χ3v) is 6.66. The molecule has 2 fully saturated rings. The van der Waals surface area contributed by atoms with Gasteiger partial charge < -0.3 is 19.3 Å². The van der Waals surface area contributed by atoms with E-state index in [0.29, 0.717) is 49.1 Å². The van der Waals surface area contributed by atoms with Gasteiger partial charge in [0.2, 0.25) is 0 Å². The summed E-state index contributed by atoms with van der Waals surface area (Å²) in [6.45, 7) is 11.9. The van der Waals surface area contributed by atoms with Crippen molar-refractivity contribution in [3.05, 3.63) is 30.2 Å². The van der Waals surface area contributed by atoms with E-state index in [0.717, 1.165) is 25.7 Å². The van der Waals surface area contributed by atoms with Crippen molar-refractivity contribution in [2.24, 2.45) is 5.92 Å². The summed E-state index contributed by atoms with van der Waals surface area (Å²) in [7, 11) is 0. The van der Waals surface area contributed by atoms with Gasteiger partial charge in [-0.05, 0) is 64.5 Å². The van der Waals surface area contributed by atoms with Crippen LogP contribution in [0, 0.1) is 5.92 Å². The second-order valence-corrected chi connectivity index (χ2v) is 11.3. The lowest BCUT2D eigenvalue weighted by Crippen LogP contribution is -2.56. The molecule has 0 spiro atoms. The molecular weight excluding hydrogens is 480 g/mol. The van der Waals surface area contributed by atoms with Crippen molar-refractivity contribution < 1.29 is 23.0 Å². The molecule has 2 aliphatic rings. The van der Waals surface area contributed by atoms with Crippen LogP contribution in [0.25, 0.3) is 11.1 Å². The Morgan fingerprint density at radius 3 is 2.65 bits per heavy atom. The fraction of sp³-hybridized carbons (Fsp3) is 0.667. The monoisotopic (exact) mass is 519 g/mol. The minimum Gasteiger partial charge on any atom is -0.444 e. The Morgan fingerprint density at radius 2 is 2.00 bits per heavy atom. The normalized spacial score (nSPS) is 21.1. The highest BCUT2D eigenvalue weighted by atomic mass is 19.3. The molecule has 1 amide bonds. The summed E-state index contributed by atoms with van der Waals surface area (Å²) in [6, 6.07) is 3.38. The van der Waals surface area contributed by atoms with E-state index in [-0.39, 0.29) is 24.1 Å². The summed E-state index contributed by atoms with van der Waals surface area (Å²) in [6.07, 6.45) is 3.82. The summed E-state index contributed by atoms with van der Waals surface area (Å²) in [5.74, 6) is 0.839. The fourth-order valence-electron chi connectivity index (χ4n) is 4.99. The maximum atomic E-state index is 14.2. The summed E-state index contributed by atoms with van der Waals surface area (Å²) in [4.78, 5) is 21.0. The molecular formula is C27H39F2N5O3. The highest BCUT2D eigenvalue weighted by Crippen LogP contribution is 2.34. The Kier molecular flexibility index (Phi) is 8.36. The second-order valence-electron chi connectivity index (χ2n) is 11.3. The van der Waals surface area contributed by atoms with E-state index in [9.17, 15) is 13.6 Å². The Hall–Kier alpha value is -2.75. The lowest BCUT2D eigenvalue weighted by Gasteiger charge is -2.43. The van der Waals surface area contributed by atoms with E-state index in [2.05, 4.69) is 23.9 Å². The molecule has 0 bridgehead atoms. The van der Waals surface area contributed by atoms with E-state index in [1.165, 1.54) is 0 Å². The molecule has 2 atom stereocenters. The lowest BCUT2D eigenvalue weighted by molar-refractivity contribution is -0.0394. The second kappa shape index (κ2) is 11.3. The standard InChI is InChI=1S/C27H39F2N5O3/c1-18(2)14-20-17-32(11-12-33(20)26(35)37-27(3,4)5)22-10-9-21(24(31-22)25(28)29)19-15-30-34(16-19)23-8-6-7-13-36-23/h9-10,15-16,18,20,23,25H,6-8,11-14,17H2,1-5H3. The minimum absolute atomic E-state index is 0.103. The van der Waals surface area contributed by atoms with Gasteiger partial charge in [0.05, 0.1) is 12.2 Å². The van der Waals surface area contributed by atoms with Gasteiger partial charge in [-0.2, -0.15) is 5.10 Å². The van der Waals surface area contributed by atoms with Gasteiger partial charge in [-0.1, -0.05) is 13.8 Å². The number of nitrogens with zero attached hydrogens (tertiary/aromatic N) is 5. The molecule has 2 aromatic rings. The molecule has 0 saturated carbocycles. The fourth-order valence-corrected chi connectivity index (χ4v) is 4.99. The molecule has 4 heterocycles. The van der Waals surface area contributed by atoms with Crippen molar-refractivity contribution in [3.63, 3.8) is 0 Å². The van der Waals surface area contributed by atoms with Crippen LogP contribution in [0.2, 0.25) is 0 Å². The first-order valence-corrected chi connectivity index (χ1v) is 13.2. The van der Waals surface area contributed by atoms with Gasteiger partial charge in [0, 0.05) is 43.6 Å². The van der Waals surface area contributed by atoms with Gasteiger partial charge in [-0.25, -0.2) is 23.2 Å². The molecule has 2 aliphatic heterocycles. The van der Waals surface area contributed by atoms with Gasteiger partial charge >= 0.3 is 6.09 Å². The first-order valence-electron chi connectivity index (χ1n) is 13.2. The van der Waals surface area contributed by atoms with E-state index in [1.54, 1.807) is 34.1 Å². The number of carbonyl (C=O) groups excluding carboxylic acids is 1. The number of rotatable bonds is 6. The van der Waals surface area contributed by atoms with Crippen LogP contribution >= 0.6 is 0 Å². The van der Waals surface area contributed by atoms with Crippen LogP contribution in [-0.4, -0.2) is 63.6 Å². The van der Waals surface area contributed by atoms with E-state index >= 15 is 0 Å². The van der Waals surface area contributed by atoms with Crippen LogP contribution in [0.4, 0.5) is 19.4 Å². The number of carbonyl (C=O) groups is 1. The predicted molar refractivity (Wildman–Crippen MR) is 138 cm³/mol. The summed E-state index contributed by atoms with van der Waals surface area (Å²) in [5.41, 5.74) is 0.108. The average Bonchev–Trinajstić information content (AvgIpc) is 3.33. The number of aromatic nitrogens is 3. The minimum atomic E-state index is -2.74. The molecule has 0 aromatic carbocycles. The molecule has 0 radical (unpaired) electrons. The molecule has 204 valence electrons. The van der Waals surface area contributed by atoms with Crippen LogP contribution in [0.5, 0.6) is 0 Å². The quantitative estimate of drug-likeness (QED) is 0.462. The molecule has 37 heavy (non-hydrogen) atoms. The van der Waals surface area contributed by atoms with Crippen LogP contribution in [0.15, 0.2) is 24.5 Å². The van der Waals surface area contributed by atoms with Crippen molar-refractivity contribution in [2.75, 3.05) is 31.1 Å². The third kappa shape index (κ3) is 6.77. The first-order chi connectivity index (χ1) is 17.5. The number of ether oxygens (including phenoxy) is 2. The zero-order chi connectivity index (χ0) is 26.7. The SMILES string of the molecule is CC(C)CC1CN(c2ccc(-c3cnn(C4CCCCO4)c3)c(C(F)F)n2)CCN1C(=O)OC(C)(C)C.